The Labute approximate surface area is 98.9 Å². The molecular formula is C11H17F3N2O. The quantitative estimate of drug-likeness (QED) is 0.671. The maximum atomic E-state index is 12.2. The first kappa shape index (κ1) is 14.3. The van der Waals surface area contributed by atoms with E-state index in [1.807, 2.05) is 0 Å². The van der Waals surface area contributed by atoms with Crippen LogP contribution in [0.5, 0.6) is 0 Å². The molecule has 3 nitrogen and oxygen atoms in total. The molecule has 0 saturated heterocycles. The van der Waals surface area contributed by atoms with Gasteiger partial charge in [-0.1, -0.05) is 0 Å². The van der Waals surface area contributed by atoms with E-state index in [9.17, 15) is 13.2 Å². The van der Waals surface area contributed by atoms with Gasteiger partial charge in [0.05, 0.1) is 6.07 Å². The van der Waals surface area contributed by atoms with Crippen molar-refractivity contribution in [3.05, 3.63) is 0 Å². The van der Waals surface area contributed by atoms with Crippen molar-refractivity contribution in [3.63, 3.8) is 0 Å². The molecule has 98 valence electrons. The standard InChI is InChI=1S/C11H17F3N2O/c12-11(13,14)10(6-15)7-16-4-1-5-17-8-9-2-3-9/h9-10,16H,1-5,7-8H2. The lowest BCUT2D eigenvalue weighted by Gasteiger charge is -2.13. The number of nitriles is 1. The van der Waals surface area contributed by atoms with E-state index < -0.39 is 12.1 Å². The summed E-state index contributed by atoms with van der Waals surface area (Å²) in [7, 11) is 0. The second kappa shape index (κ2) is 6.82. The monoisotopic (exact) mass is 250 g/mol. The molecule has 1 fully saturated rings. The largest absolute Gasteiger partial charge is 0.405 e. The fraction of sp³-hybridized carbons (Fsp3) is 0.909. The Morgan fingerprint density at radius 1 is 1.41 bits per heavy atom. The van der Waals surface area contributed by atoms with Crippen molar-refractivity contribution < 1.29 is 17.9 Å². The van der Waals surface area contributed by atoms with Gasteiger partial charge in [-0.25, -0.2) is 0 Å². The van der Waals surface area contributed by atoms with E-state index in [1.54, 1.807) is 0 Å². The van der Waals surface area contributed by atoms with Gasteiger partial charge in [0.25, 0.3) is 0 Å². The third-order valence-electron chi connectivity index (χ3n) is 2.59. The third kappa shape index (κ3) is 6.49. The predicted octanol–water partition coefficient (Wildman–Crippen LogP) is 2.09. The molecule has 1 atom stereocenters. The van der Waals surface area contributed by atoms with Gasteiger partial charge in [-0.2, -0.15) is 18.4 Å². The molecule has 0 aromatic carbocycles. The molecule has 1 aliphatic rings. The fourth-order valence-corrected chi connectivity index (χ4v) is 1.31. The minimum Gasteiger partial charge on any atom is -0.381 e. The van der Waals surface area contributed by atoms with E-state index >= 15 is 0 Å². The summed E-state index contributed by atoms with van der Waals surface area (Å²) in [5.74, 6) is -1.22. The Kier molecular flexibility index (Phi) is 5.72. The van der Waals surface area contributed by atoms with Crippen LogP contribution in [0.3, 0.4) is 0 Å². The summed E-state index contributed by atoms with van der Waals surface area (Å²) in [6, 6.07) is 1.25. The molecule has 1 aliphatic carbocycles. The van der Waals surface area contributed by atoms with Crippen LogP contribution in [-0.2, 0) is 4.74 Å². The number of alkyl halides is 3. The second-order valence-electron chi connectivity index (χ2n) is 4.30. The van der Waals surface area contributed by atoms with E-state index in [2.05, 4.69) is 5.32 Å². The number of halogens is 3. The van der Waals surface area contributed by atoms with Crippen molar-refractivity contribution in [2.75, 3.05) is 26.3 Å². The van der Waals surface area contributed by atoms with Crippen molar-refractivity contribution in [1.29, 1.82) is 5.26 Å². The zero-order valence-electron chi connectivity index (χ0n) is 9.59. The number of ether oxygens (including phenoxy) is 1. The highest BCUT2D eigenvalue weighted by Crippen LogP contribution is 2.28. The molecule has 0 radical (unpaired) electrons. The summed E-state index contributed by atoms with van der Waals surface area (Å²) in [5.41, 5.74) is 0. The van der Waals surface area contributed by atoms with E-state index in [1.165, 1.54) is 18.9 Å². The fourth-order valence-electron chi connectivity index (χ4n) is 1.31. The van der Waals surface area contributed by atoms with E-state index in [-0.39, 0.29) is 6.54 Å². The summed E-state index contributed by atoms with van der Waals surface area (Å²) in [4.78, 5) is 0. The van der Waals surface area contributed by atoms with Crippen LogP contribution in [-0.4, -0.2) is 32.5 Å². The lowest BCUT2D eigenvalue weighted by molar-refractivity contribution is -0.157. The van der Waals surface area contributed by atoms with Gasteiger partial charge in [-0.15, -0.1) is 0 Å². The minimum atomic E-state index is -4.44. The summed E-state index contributed by atoms with van der Waals surface area (Å²) >= 11 is 0. The van der Waals surface area contributed by atoms with Gasteiger partial charge in [-0.05, 0) is 31.7 Å². The zero-order chi connectivity index (χ0) is 12.7. The summed E-state index contributed by atoms with van der Waals surface area (Å²) < 4.78 is 41.8. The lowest BCUT2D eigenvalue weighted by Crippen LogP contribution is -2.33. The lowest BCUT2D eigenvalue weighted by atomic mass is 10.1. The van der Waals surface area contributed by atoms with Gasteiger partial charge in [-0.3, -0.25) is 0 Å². The Morgan fingerprint density at radius 3 is 2.65 bits per heavy atom. The van der Waals surface area contributed by atoms with Crippen LogP contribution in [0.1, 0.15) is 19.3 Å². The van der Waals surface area contributed by atoms with Crippen LogP contribution in [0.15, 0.2) is 0 Å². The molecule has 1 N–H and O–H groups in total. The molecule has 0 heterocycles. The molecule has 1 rings (SSSR count). The van der Waals surface area contributed by atoms with Crippen LogP contribution < -0.4 is 5.32 Å². The van der Waals surface area contributed by atoms with Crippen LogP contribution in [0.2, 0.25) is 0 Å². The van der Waals surface area contributed by atoms with Gasteiger partial charge in [0.1, 0.15) is 0 Å². The zero-order valence-corrected chi connectivity index (χ0v) is 9.59. The van der Waals surface area contributed by atoms with Gasteiger partial charge in [0, 0.05) is 19.8 Å². The first-order valence-corrected chi connectivity index (χ1v) is 5.79. The third-order valence-corrected chi connectivity index (χ3v) is 2.59. The highest BCUT2D eigenvalue weighted by Gasteiger charge is 2.39. The average molecular weight is 250 g/mol. The average Bonchev–Trinajstić information content (AvgIpc) is 3.04. The Morgan fingerprint density at radius 2 is 2.12 bits per heavy atom. The molecule has 0 spiro atoms. The number of nitrogens with zero attached hydrogens (tertiary/aromatic N) is 1. The van der Waals surface area contributed by atoms with E-state index in [4.69, 9.17) is 10.00 Å². The van der Waals surface area contributed by atoms with Crippen LogP contribution >= 0.6 is 0 Å². The van der Waals surface area contributed by atoms with E-state index in [0.29, 0.717) is 25.5 Å². The molecule has 0 aromatic heterocycles. The highest BCUT2D eigenvalue weighted by atomic mass is 19.4. The van der Waals surface area contributed by atoms with Crippen LogP contribution in [0, 0.1) is 23.2 Å². The second-order valence-corrected chi connectivity index (χ2v) is 4.30. The van der Waals surface area contributed by atoms with Gasteiger partial charge in [0.2, 0.25) is 0 Å². The van der Waals surface area contributed by atoms with Crippen molar-refractivity contribution in [1.82, 2.24) is 5.32 Å². The van der Waals surface area contributed by atoms with Crippen molar-refractivity contribution in [3.8, 4) is 6.07 Å². The summed E-state index contributed by atoms with van der Waals surface area (Å²) in [6.07, 6.45) is -1.31. The smallest absolute Gasteiger partial charge is 0.381 e. The van der Waals surface area contributed by atoms with Crippen LogP contribution in [0.4, 0.5) is 13.2 Å². The molecule has 0 amide bonds. The Balaban J connectivity index is 1.93. The first-order valence-electron chi connectivity index (χ1n) is 5.79. The van der Waals surface area contributed by atoms with Gasteiger partial charge >= 0.3 is 6.18 Å². The molecule has 1 saturated carbocycles. The number of nitrogens with one attached hydrogen (secondary N) is 1. The molecular weight excluding hydrogens is 233 g/mol. The first-order chi connectivity index (χ1) is 8.04. The van der Waals surface area contributed by atoms with Crippen molar-refractivity contribution in [2.45, 2.75) is 25.4 Å². The van der Waals surface area contributed by atoms with Crippen molar-refractivity contribution >= 4 is 0 Å². The molecule has 0 aliphatic heterocycles. The molecule has 17 heavy (non-hydrogen) atoms. The minimum absolute atomic E-state index is 0.345. The van der Waals surface area contributed by atoms with Gasteiger partial charge in [0.15, 0.2) is 5.92 Å². The van der Waals surface area contributed by atoms with Crippen LogP contribution in [0.25, 0.3) is 0 Å². The Hall–Kier alpha value is -0.800. The van der Waals surface area contributed by atoms with Crippen molar-refractivity contribution in [2.24, 2.45) is 11.8 Å². The van der Waals surface area contributed by atoms with E-state index in [0.717, 1.165) is 6.61 Å². The molecule has 1 unspecified atom stereocenters. The maximum Gasteiger partial charge on any atom is 0.405 e. The highest BCUT2D eigenvalue weighted by molar-refractivity contribution is 4.89. The SMILES string of the molecule is N#CC(CNCCCOCC1CC1)C(F)(F)F. The normalized spacial score (nSPS) is 17.8. The molecule has 0 bridgehead atoms. The topological polar surface area (TPSA) is 45.0 Å². The molecule has 6 heteroatoms. The predicted molar refractivity (Wildman–Crippen MR) is 56.2 cm³/mol. The maximum absolute atomic E-state index is 12.2. The number of rotatable bonds is 8. The summed E-state index contributed by atoms with van der Waals surface area (Å²) in [6.45, 7) is 1.43. The number of hydrogen-bond donors (Lipinski definition) is 1. The summed E-state index contributed by atoms with van der Waals surface area (Å²) in [5, 5.41) is 11.0. The molecule has 0 aromatic rings. The van der Waals surface area contributed by atoms with Gasteiger partial charge < -0.3 is 10.1 Å². The number of hydrogen-bond acceptors (Lipinski definition) is 3. The Bertz CT molecular complexity index is 258.